The Morgan fingerprint density at radius 2 is 1.67 bits per heavy atom. The summed E-state index contributed by atoms with van der Waals surface area (Å²) in [5.74, 6) is 0.513. The van der Waals surface area contributed by atoms with Crippen LogP contribution in [0.4, 0.5) is 42.0 Å². The minimum atomic E-state index is -4.54. The summed E-state index contributed by atoms with van der Waals surface area (Å²) in [6.07, 6.45) is 0.694. The molecule has 0 bridgehead atoms. The predicted molar refractivity (Wildman–Crippen MR) is 112 cm³/mol. The smallest absolute Gasteiger partial charge is 0.393 e. The number of hydrogen-bond acceptors (Lipinski definition) is 6. The molecular formula is C20H20ClF3N6. The molecule has 0 saturated heterocycles. The van der Waals surface area contributed by atoms with E-state index >= 15 is 0 Å². The predicted octanol–water partition coefficient (Wildman–Crippen LogP) is 5.96. The molecular weight excluding hydrogens is 417 g/mol. The van der Waals surface area contributed by atoms with Crippen LogP contribution in [0.15, 0.2) is 42.9 Å². The van der Waals surface area contributed by atoms with Crippen LogP contribution >= 0.6 is 11.6 Å². The second kappa shape index (κ2) is 9.17. The minimum Gasteiger partial charge on any atom is -0.393 e. The molecule has 0 spiro atoms. The van der Waals surface area contributed by atoms with Crippen molar-refractivity contribution in [3.8, 4) is 0 Å². The quantitative estimate of drug-likeness (QED) is 0.423. The first kappa shape index (κ1) is 21.6. The van der Waals surface area contributed by atoms with Gasteiger partial charge in [-0.05, 0) is 36.6 Å². The zero-order valence-corrected chi connectivity index (χ0v) is 16.8. The number of aryl methyl sites for hydroxylation is 1. The second-order valence-corrected chi connectivity index (χ2v) is 6.99. The Hall–Kier alpha value is -3.07. The van der Waals surface area contributed by atoms with E-state index < -0.39 is 11.7 Å². The highest BCUT2D eigenvalue weighted by molar-refractivity contribution is 6.33. The van der Waals surface area contributed by atoms with E-state index in [2.05, 4.69) is 32.5 Å². The van der Waals surface area contributed by atoms with Crippen LogP contribution in [-0.4, -0.2) is 15.0 Å². The van der Waals surface area contributed by atoms with Crippen molar-refractivity contribution < 1.29 is 13.2 Å². The average Bonchev–Trinajstić information content (AvgIpc) is 2.71. The van der Waals surface area contributed by atoms with Crippen LogP contribution in [0.5, 0.6) is 0 Å². The van der Waals surface area contributed by atoms with Crippen LogP contribution in [0.2, 0.25) is 5.02 Å². The highest BCUT2D eigenvalue weighted by atomic mass is 35.5. The molecule has 30 heavy (non-hydrogen) atoms. The summed E-state index contributed by atoms with van der Waals surface area (Å²) in [6, 6.07) is 8.69. The van der Waals surface area contributed by atoms with Gasteiger partial charge in [-0.3, -0.25) is 0 Å². The van der Waals surface area contributed by atoms with Crippen LogP contribution < -0.4 is 16.4 Å². The molecule has 0 aliphatic heterocycles. The summed E-state index contributed by atoms with van der Waals surface area (Å²) >= 11 is 5.93. The topological polar surface area (TPSA) is 88.8 Å². The SMILES string of the molecule is CCCCc1ccc(Nc2ncnc(Nc3ncc(C(F)(F)F)cc3Cl)c2N)cc1. The number of halogens is 4. The Bertz CT molecular complexity index is 1010. The zero-order valence-electron chi connectivity index (χ0n) is 16.1. The summed E-state index contributed by atoms with van der Waals surface area (Å²) in [4.78, 5) is 11.9. The molecule has 1 aromatic carbocycles. The number of alkyl halides is 3. The lowest BCUT2D eigenvalue weighted by Crippen LogP contribution is -2.08. The second-order valence-electron chi connectivity index (χ2n) is 6.59. The highest BCUT2D eigenvalue weighted by Crippen LogP contribution is 2.34. The molecule has 0 atom stereocenters. The van der Waals surface area contributed by atoms with E-state index in [4.69, 9.17) is 17.3 Å². The van der Waals surface area contributed by atoms with Gasteiger partial charge in [-0.2, -0.15) is 13.2 Å². The Kier molecular flexibility index (Phi) is 6.61. The molecule has 0 amide bonds. The fourth-order valence-corrected chi connectivity index (χ4v) is 2.88. The Morgan fingerprint density at radius 3 is 2.27 bits per heavy atom. The molecule has 0 saturated carbocycles. The van der Waals surface area contributed by atoms with E-state index in [0.29, 0.717) is 12.0 Å². The monoisotopic (exact) mass is 436 g/mol. The van der Waals surface area contributed by atoms with Gasteiger partial charge in [0.25, 0.3) is 0 Å². The van der Waals surface area contributed by atoms with Gasteiger partial charge in [0, 0.05) is 11.9 Å². The largest absolute Gasteiger partial charge is 0.417 e. The number of rotatable bonds is 7. The van der Waals surface area contributed by atoms with E-state index in [9.17, 15) is 13.2 Å². The normalized spacial score (nSPS) is 11.4. The molecule has 6 nitrogen and oxygen atoms in total. The first-order chi connectivity index (χ1) is 14.3. The number of benzene rings is 1. The van der Waals surface area contributed by atoms with Crippen molar-refractivity contribution in [1.29, 1.82) is 0 Å². The molecule has 0 fully saturated rings. The molecule has 3 rings (SSSR count). The van der Waals surface area contributed by atoms with Crippen LogP contribution in [0.25, 0.3) is 0 Å². The Labute approximate surface area is 176 Å². The van der Waals surface area contributed by atoms with Gasteiger partial charge in [-0.15, -0.1) is 0 Å². The molecule has 3 aromatic rings. The summed E-state index contributed by atoms with van der Waals surface area (Å²) in [7, 11) is 0. The van der Waals surface area contributed by atoms with Gasteiger partial charge in [0.2, 0.25) is 0 Å². The van der Waals surface area contributed by atoms with Gasteiger partial charge < -0.3 is 16.4 Å². The lowest BCUT2D eigenvalue weighted by Gasteiger charge is -2.14. The first-order valence-corrected chi connectivity index (χ1v) is 9.62. The number of pyridine rings is 1. The lowest BCUT2D eigenvalue weighted by molar-refractivity contribution is -0.137. The first-order valence-electron chi connectivity index (χ1n) is 9.24. The van der Waals surface area contributed by atoms with E-state index in [1.807, 2.05) is 24.3 Å². The van der Waals surface area contributed by atoms with Crippen LogP contribution in [0, 0.1) is 0 Å². The molecule has 10 heteroatoms. The molecule has 2 heterocycles. The third-order valence-corrected chi connectivity index (χ3v) is 4.61. The number of nitrogens with zero attached hydrogens (tertiary/aromatic N) is 3. The van der Waals surface area contributed by atoms with Gasteiger partial charge in [-0.25, -0.2) is 15.0 Å². The minimum absolute atomic E-state index is 0.00120. The number of nitrogens with two attached hydrogens (primary N) is 1. The van der Waals surface area contributed by atoms with E-state index in [-0.39, 0.29) is 22.3 Å². The number of aromatic nitrogens is 3. The van der Waals surface area contributed by atoms with Crippen molar-refractivity contribution >= 4 is 40.4 Å². The maximum absolute atomic E-state index is 12.8. The van der Waals surface area contributed by atoms with Crippen molar-refractivity contribution in [2.75, 3.05) is 16.4 Å². The highest BCUT2D eigenvalue weighted by Gasteiger charge is 2.31. The van der Waals surface area contributed by atoms with Crippen molar-refractivity contribution in [2.24, 2.45) is 0 Å². The third kappa shape index (κ3) is 5.29. The molecule has 0 unspecified atom stereocenters. The molecule has 0 radical (unpaired) electrons. The molecule has 0 aliphatic carbocycles. The van der Waals surface area contributed by atoms with Crippen molar-refractivity contribution in [3.05, 3.63) is 59.0 Å². The van der Waals surface area contributed by atoms with E-state index in [1.165, 1.54) is 11.9 Å². The summed E-state index contributed by atoms with van der Waals surface area (Å²) < 4.78 is 38.3. The molecule has 2 aromatic heterocycles. The van der Waals surface area contributed by atoms with Crippen molar-refractivity contribution in [1.82, 2.24) is 15.0 Å². The van der Waals surface area contributed by atoms with Gasteiger partial charge >= 0.3 is 6.18 Å². The average molecular weight is 437 g/mol. The lowest BCUT2D eigenvalue weighted by atomic mass is 10.1. The van der Waals surface area contributed by atoms with Crippen LogP contribution in [0.1, 0.15) is 30.9 Å². The van der Waals surface area contributed by atoms with E-state index in [0.717, 1.165) is 31.0 Å². The van der Waals surface area contributed by atoms with Crippen molar-refractivity contribution in [2.45, 2.75) is 32.4 Å². The van der Waals surface area contributed by atoms with Crippen LogP contribution in [-0.2, 0) is 12.6 Å². The number of hydrogen-bond donors (Lipinski definition) is 3. The third-order valence-electron chi connectivity index (χ3n) is 4.32. The number of nitrogen functional groups attached to an aromatic ring is 1. The fourth-order valence-electron chi connectivity index (χ4n) is 2.66. The van der Waals surface area contributed by atoms with Gasteiger partial charge in [-0.1, -0.05) is 37.1 Å². The molecule has 4 N–H and O–H groups in total. The fraction of sp³-hybridized carbons (Fsp3) is 0.250. The summed E-state index contributed by atoms with van der Waals surface area (Å²) in [5.41, 5.74) is 7.38. The standard InChI is InChI=1S/C20H20ClF3N6/c1-2-3-4-12-5-7-14(8-6-12)29-18-16(25)19(28-11-27-18)30-17-15(21)9-13(10-26-17)20(22,23)24/h5-11H,2-4,25H2,1H3,(H2,26,27,28,29,30). The van der Waals surface area contributed by atoms with E-state index in [1.54, 1.807) is 0 Å². The maximum atomic E-state index is 12.8. The Morgan fingerprint density at radius 1 is 1.00 bits per heavy atom. The van der Waals surface area contributed by atoms with Gasteiger partial charge in [0.1, 0.15) is 17.8 Å². The molecule has 158 valence electrons. The van der Waals surface area contributed by atoms with Crippen LogP contribution in [0.3, 0.4) is 0 Å². The summed E-state index contributed by atoms with van der Waals surface area (Å²) in [6.45, 7) is 2.15. The molecule has 0 aliphatic rings. The van der Waals surface area contributed by atoms with Crippen molar-refractivity contribution in [3.63, 3.8) is 0 Å². The van der Waals surface area contributed by atoms with Gasteiger partial charge in [0.05, 0.1) is 10.6 Å². The number of unbranched alkanes of at least 4 members (excludes halogenated alkanes) is 1. The van der Waals surface area contributed by atoms with Gasteiger partial charge in [0.15, 0.2) is 11.6 Å². The number of nitrogens with one attached hydrogen (secondary N) is 2. The summed E-state index contributed by atoms with van der Waals surface area (Å²) in [5, 5.41) is 5.65. The zero-order chi connectivity index (χ0) is 21.7. The maximum Gasteiger partial charge on any atom is 0.417 e. The Balaban J connectivity index is 1.77. The number of anilines is 5.